The molecule has 6 nitrogen and oxygen atoms in total. The van der Waals surface area contributed by atoms with Crippen molar-refractivity contribution in [3.63, 3.8) is 0 Å². The van der Waals surface area contributed by atoms with Gasteiger partial charge in [0, 0.05) is 11.1 Å². The molecule has 0 spiro atoms. The lowest BCUT2D eigenvalue weighted by Crippen LogP contribution is -2.31. The highest BCUT2D eigenvalue weighted by Gasteiger charge is 2.20. The fourth-order valence-corrected chi connectivity index (χ4v) is 4.18. The first kappa shape index (κ1) is 19.0. The van der Waals surface area contributed by atoms with Gasteiger partial charge in [0.1, 0.15) is 17.2 Å². The summed E-state index contributed by atoms with van der Waals surface area (Å²) >= 11 is 0. The number of sulfone groups is 1. The molecule has 0 saturated carbocycles. The topological polar surface area (TPSA) is 86.1 Å². The number of nitrogens with zero attached hydrogens (tertiary/aromatic N) is 1. The van der Waals surface area contributed by atoms with Crippen molar-refractivity contribution in [2.45, 2.75) is 18.7 Å². The third-order valence-electron chi connectivity index (χ3n) is 4.84. The number of H-pyrrole nitrogens is 1. The first-order chi connectivity index (χ1) is 13.9. The molecular formula is C22H20N2O4S. The molecule has 0 saturated heterocycles. The number of aryl methyl sites for hydroxylation is 1. The number of hydrogen-bond acceptors (Lipinski definition) is 4. The average molecular weight is 408 g/mol. The number of aromatic amines is 1. The van der Waals surface area contributed by atoms with E-state index in [0.29, 0.717) is 33.8 Å². The molecule has 0 atom stereocenters. The number of ether oxygens (including phenoxy) is 1. The fourth-order valence-electron chi connectivity index (χ4n) is 3.27. The van der Waals surface area contributed by atoms with E-state index in [1.165, 1.54) is 0 Å². The molecule has 0 unspecified atom stereocenters. The number of hydrogen-bond donors (Lipinski definition) is 1. The van der Waals surface area contributed by atoms with Crippen molar-refractivity contribution in [2.24, 2.45) is 0 Å². The molecule has 29 heavy (non-hydrogen) atoms. The van der Waals surface area contributed by atoms with Crippen molar-refractivity contribution in [3.05, 3.63) is 77.8 Å². The van der Waals surface area contributed by atoms with E-state index in [2.05, 4.69) is 4.98 Å². The van der Waals surface area contributed by atoms with E-state index in [0.717, 1.165) is 10.3 Å². The van der Waals surface area contributed by atoms with E-state index in [4.69, 9.17) is 4.74 Å². The molecule has 7 heteroatoms. The highest BCUT2D eigenvalue weighted by atomic mass is 32.2. The van der Waals surface area contributed by atoms with Gasteiger partial charge in [-0.2, -0.15) is 0 Å². The summed E-state index contributed by atoms with van der Waals surface area (Å²) in [6.07, 6.45) is 1.69. The van der Waals surface area contributed by atoms with Crippen LogP contribution in [0, 0.1) is 12.1 Å². The van der Waals surface area contributed by atoms with Crippen LogP contribution in [0.1, 0.15) is 12.6 Å². The van der Waals surface area contributed by atoms with Crippen LogP contribution in [0.5, 0.6) is 11.5 Å². The summed E-state index contributed by atoms with van der Waals surface area (Å²) in [6.45, 7) is 3.32. The van der Waals surface area contributed by atoms with Crippen LogP contribution in [0.3, 0.4) is 0 Å². The van der Waals surface area contributed by atoms with Crippen LogP contribution in [0.15, 0.2) is 71.8 Å². The number of fused-ring (bicyclic) bond motifs is 1. The van der Waals surface area contributed by atoms with E-state index < -0.39 is 9.84 Å². The Hall–Kier alpha value is -3.32. The maximum Gasteiger partial charge on any atom is 0.290 e. The van der Waals surface area contributed by atoms with E-state index >= 15 is 0 Å². The van der Waals surface area contributed by atoms with Crippen LogP contribution in [0.25, 0.3) is 22.2 Å². The molecule has 2 heterocycles. The summed E-state index contributed by atoms with van der Waals surface area (Å²) in [7, 11) is -3.41. The monoisotopic (exact) mass is 408 g/mol. The molecule has 0 aliphatic heterocycles. The second kappa shape index (κ2) is 7.25. The molecule has 0 aliphatic rings. The lowest BCUT2D eigenvalue weighted by molar-refractivity contribution is -0.586. The Morgan fingerprint density at radius 1 is 1.03 bits per heavy atom. The molecule has 2 aromatic heterocycles. The third kappa shape index (κ3) is 3.45. The lowest BCUT2D eigenvalue weighted by Gasteiger charge is -2.16. The molecule has 0 bridgehead atoms. The van der Waals surface area contributed by atoms with Crippen LogP contribution in [0.2, 0.25) is 0 Å². The fraction of sp³-hybridized carbons (Fsp3) is 0.136. The first-order valence-electron chi connectivity index (χ1n) is 9.21. The zero-order valence-electron chi connectivity index (χ0n) is 16.0. The number of aromatic nitrogens is 2. The van der Waals surface area contributed by atoms with Crippen molar-refractivity contribution < 1.29 is 17.9 Å². The van der Waals surface area contributed by atoms with E-state index in [1.807, 2.05) is 30.3 Å². The maximum atomic E-state index is 12.5. The second-order valence-corrected chi connectivity index (χ2v) is 8.99. The number of rotatable bonds is 5. The normalized spacial score (nSPS) is 11.7. The third-order valence-corrected chi connectivity index (χ3v) is 6.58. The molecule has 0 aliphatic carbocycles. The highest BCUT2D eigenvalue weighted by molar-refractivity contribution is 7.91. The Kier molecular flexibility index (Phi) is 4.76. The number of para-hydroxylation sites is 1. The Bertz CT molecular complexity index is 1300. The van der Waals surface area contributed by atoms with Gasteiger partial charge in [0.2, 0.25) is 0 Å². The van der Waals surface area contributed by atoms with Gasteiger partial charge in [0.25, 0.3) is 5.65 Å². The molecular weight excluding hydrogens is 388 g/mol. The zero-order valence-corrected chi connectivity index (χ0v) is 16.9. The standard InChI is InChI=1S/C22H20N2O4S/c1-3-29(26,27)17-9-10-21(28-16-7-5-4-6-8-16)20(14-17)19-13-15(2)24(25)22-18(19)11-12-23-22/h4-14,23H,3H2,1-2H3. The van der Waals surface area contributed by atoms with Gasteiger partial charge in [-0.3, -0.25) is 0 Å². The zero-order chi connectivity index (χ0) is 20.6. The predicted molar refractivity (Wildman–Crippen MR) is 112 cm³/mol. The van der Waals surface area contributed by atoms with E-state index in [-0.39, 0.29) is 10.6 Å². The Morgan fingerprint density at radius 2 is 1.79 bits per heavy atom. The van der Waals surface area contributed by atoms with Crippen LogP contribution in [-0.2, 0) is 9.84 Å². The lowest BCUT2D eigenvalue weighted by atomic mass is 10.0. The molecule has 4 rings (SSSR count). The van der Waals surface area contributed by atoms with Crippen LogP contribution < -0.4 is 9.47 Å². The number of pyridine rings is 1. The van der Waals surface area contributed by atoms with Gasteiger partial charge in [-0.05, 0) is 49.4 Å². The first-order valence-corrected chi connectivity index (χ1v) is 10.9. The quantitative estimate of drug-likeness (QED) is 0.393. The predicted octanol–water partition coefficient (Wildman–Crippen LogP) is 4.36. The molecule has 2 aromatic carbocycles. The minimum absolute atomic E-state index is 0.000722. The summed E-state index contributed by atoms with van der Waals surface area (Å²) in [4.78, 5) is 3.17. The van der Waals surface area contributed by atoms with Gasteiger partial charge < -0.3 is 9.94 Å². The molecule has 4 aromatic rings. The van der Waals surface area contributed by atoms with Crippen molar-refractivity contribution in [1.29, 1.82) is 0 Å². The van der Waals surface area contributed by atoms with Crippen molar-refractivity contribution in [3.8, 4) is 22.6 Å². The summed E-state index contributed by atoms with van der Waals surface area (Å²) in [5.41, 5.74) is 2.24. The molecule has 148 valence electrons. The second-order valence-electron chi connectivity index (χ2n) is 6.71. The van der Waals surface area contributed by atoms with Gasteiger partial charge in [-0.15, -0.1) is 0 Å². The van der Waals surface area contributed by atoms with Crippen LogP contribution >= 0.6 is 0 Å². The summed E-state index contributed by atoms with van der Waals surface area (Å²) in [5, 5.41) is 13.1. The smallest absolute Gasteiger partial charge is 0.290 e. The average Bonchev–Trinajstić information content (AvgIpc) is 3.22. The maximum absolute atomic E-state index is 12.5. The van der Waals surface area contributed by atoms with Crippen molar-refractivity contribution in [1.82, 2.24) is 4.98 Å². The van der Waals surface area contributed by atoms with E-state index in [9.17, 15) is 13.6 Å². The number of benzene rings is 2. The Labute approximate surface area is 168 Å². The molecule has 0 fully saturated rings. The highest BCUT2D eigenvalue weighted by Crippen LogP contribution is 2.38. The van der Waals surface area contributed by atoms with Gasteiger partial charge >= 0.3 is 0 Å². The Morgan fingerprint density at radius 3 is 2.52 bits per heavy atom. The van der Waals surface area contributed by atoms with Gasteiger partial charge in [-0.25, -0.2) is 18.1 Å². The van der Waals surface area contributed by atoms with Crippen molar-refractivity contribution >= 4 is 20.9 Å². The minimum Gasteiger partial charge on any atom is -0.710 e. The van der Waals surface area contributed by atoms with Gasteiger partial charge in [0.15, 0.2) is 9.84 Å². The van der Waals surface area contributed by atoms with Crippen molar-refractivity contribution in [2.75, 3.05) is 5.75 Å². The molecule has 0 amide bonds. The van der Waals surface area contributed by atoms with Crippen LogP contribution in [-0.4, -0.2) is 19.2 Å². The summed E-state index contributed by atoms with van der Waals surface area (Å²) in [5.74, 6) is 1.15. The number of nitrogens with one attached hydrogen (secondary N) is 1. The minimum atomic E-state index is -3.41. The Balaban J connectivity index is 1.98. The largest absolute Gasteiger partial charge is 0.710 e. The molecule has 0 radical (unpaired) electrons. The summed E-state index contributed by atoms with van der Waals surface area (Å²) in [6, 6.07) is 17.7. The van der Waals surface area contributed by atoms with Gasteiger partial charge in [0.05, 0.1) is 22.2 Å². The van der Waals surface area contributed by atoms with Gasteiger partial charge in [-0.1, -0.05) is 25.1 Å². The van der Waals surface area contributed by atoms with Crippen LogP contribution in [0.4, 0.5) is 0 Å². The molecule has 1 N–H and O–H groups in total. The van der Waals surface area contributed by atoms with E-state index in [1.54, 1.807) is 50.4 Å². The summed E-state index contributed by atoms with van der Waals surface area (Å²) < 4.78 is 31.9. The SMILES string of the molecule is CCS(=O)(=O)c1ccc(Oc2ccccc2)c(-c2cc(C)[n+]([O-])c3[nH]ccc23)c1.